The van der Waals surface area contributed by atoms with Gasteiger partial charge in [-0.15, -0.1) is 0 Å². The van der Waals surface area contributed by atoms with Crippen LogP contribution < -0.4 is 10.6 Å². The highest BCUT2D eigenvalue weighted by atomic mass is 16.1. The van der Waals surface area contributed by atoms with Crippen LogP contribution in [0.1, 0.15) is 28.8 Å². The van der Waals surface area contributed by atoms with E-state index >= 15 is 0 Å². The second-order valence-corrected chi connectivity index (χ2v) is 6.80. The molecule has 0 unspecified atom stereocenters. The minimum absolute atomic E-state index is 0.0546. The molecule has 0 saturated carbocycles. The first-order valence-corrected chi connectivity index (χ1v) is 8.72. The molecule has 5 heteroatoms. The van der Waals surface area contributed by atoms with Crippen LogP contribution in [0.15, 0.2) is 24.3 Å². The Kier molecular flexibility index (Phi) is 5.65. The van der Waals surface area contributed by atoms with Crippen LogP contribution in [-0.2, 0) is 6.54 Å². The molecule has 3 rings (SSSR count). The Morgan fingerprint density at radius 3 is 2.87 bits per heavy atom. The summed E-state index contributed by atoms with van der Waals surface area (Å²) in [7, 11) is 2.17. The van der Waals surface area contributed by atoms with Crippen molar-refractivity contribution in [3.8, 4) is 0 Å². The fourth-order valence-electron chi connectivity index (χ4n) is 3.32. The molecule has 126 valence electrons. The average Bonchev–Trinajstić information content (AvgIpc) is 2.58. The van der Waals surface area contributed by atoms with Gasteiger partial charge in [-0.3, -0.25) is 9.69 Å². The molecule has 2 saturated heterocycles. The molecule has 5 nitrogen and oxygen atoms in total. The molecule has 1 aromatic rings. The van der Waals surface area contributed by atoms with E-state index in [0.717, 1.165) is 64.2 Å². The fraction of sp³-hybridized carbons (Fsp3) is 0.611. The van der Waals surface area contributed by atoms with Crippen LogP contribution >= 0.6 is 0 Å². The first kappa shape index (κ1) is 16.4. The summed E-state index contributed by atoms with van der Waals surface area (Å²) in [5.74, 6) is 0.0546. The molecular weight excluding hydrogens is 288 g/mol. The van der Waals surface area contributed by atoms with Crippen molar-refractivity contribution < 1.29 is 4.79 Å². The van der Waals surface area contributed by atoms with Gasteiger partial charge in [0.1, 0.15) is 0 Å². The Labute approximate surface area is 139 Å². The van der Waals surface area contributed by atoms with Crippen molar-refractivity contribution in [2.24, 2.45) is 0 Å². The van der Waals surface area contributed by atoms with Gasteiger partial charge in [-0.25, -0.2) is 0 Å². The minimum Gasteiger partial charge on any atom is -0.348 e. The highest BCUT2D eigenvalue weighted by Crippen LogP contribution is 2.11. The van der Waals surface area contributed by atoms with Crippen molar-refractivity contribution in [3.63, 3.8) is 0 Å². The van der Waals surface area contributed by atoms with E-state index < -0.39 is 0 Å². The first-order valence-electron chi connectivity index (χ1n) is 8.72. The van der Waals surface area contributed by atoms with Gasteiger partial charge in [-0.1, -0.05) is 12.1 Å². The molecule has 2 N–H and O–H groups in total. The van der Waals surface area contributed by atoms with Gasteiger partial charge in [0.2, 0.25) is 0 Å². The monoisotopic (exact) mass is 316 g/mol. The van der Waals surface area contributed by atoms with E-state index in [1.54, 1.807) is 0 Å². The summed E-state index contributed by atoms with van der Waals surface area (Å²) in [6.45, 7) is 7.31. The van der Waals surface area contributed by atoms with Gasteiger partial charge in [-0.2, -0.15) is 0 Å². The number of likely N-dealkylation sites (N-methyl/N-ethyl adjacent to an activating group) is 1. The average molecular weight is 316 g/mol. The largest absolute Gasteiger partial charge is 0.348 e. The van der Waals surface area contributed by atoms with Crippen LogP contribution in [0, 0.1) is 0 Å². The number of rotatable bonds is 4. The Morgan fingerprint density at radius 1 is 1.30 bits per heavy atom. The maximum Gasteiger partial charge on any atom is 0.251 e. The molecule has 0 aromatic heterocycles. The predicted molar refractivity (Wildman–Crippen MR) is 92.6 cm³/mol. The molecule has 23 heavy (non-hydrogen) atoms. The van der Waals surface area contributed by atoms with Crippen molar-refractivity contribution in [2.75, 3.05) is 46.3 Å². The number of hydrogen-bond acceptors (Lipinski definition) is 4. The standard InChI is InChI=1S/C18H28N4O/c1-21-8-10-22(11-9-21)14-15-4-2-5-16(12-15)18(23)20-17-6-3-7-19-13-17/h2,4-5,12,17,19H,3,6-11,13-14H2,1H3,(H,20,23)/t17-/m0/s1. The Morgan fingerprint density at radius 2 is 2.13 bits per heavy atom. The van der Waals surface area contributed by atoms with E-state index in [1.807, 2.05) is 18.2 Å². The number of nitrogens with one attached hydrogen (secondary N) is 2. The quantitative estimate of drug-likeness (QED) is 0.867. The third-order valence-electron chi connectivity index (χ3n) is 4.82. The summed E-state index contributed by atoms with van der Waals surface area (Å²) < 4.78 is 0. The molecule has 1 amide bonds. The van der Waals surface area contributed by atoms with Gasteiger partial charge in [0, 0.05) is 50.9 Å². The lowest BCUT2D eigenvalue weighted by atomic mass is 10.1. The molecule has 2 aliphatic rings. The number of carbonyl (C=O) groups excluding carboxylic acids is 1. The predicted octanol–water partition coefficient (Wildman–Crippen LogP) is 0.916. The Balaban J connectivity index is 1.56. The molecule has 0 aliphatic carbocycles. The molecule has 2 heterocycles. The Bertz CT molecular complexity index is 520. The van der Waals surface area contributed by atoms with Crippen LogP contribution in [0.2, 0.25) is 0 Å². The number of nitrogens with zero attached hydrogens (tertiary/aromatic N) is 2. The number of piperidine rings is 1. The van der Waals surface area contributed by atoms with Crippen molar-refractivity contribution in [2.45, 2.75) is 25.4 Å². The fourth-order valence-corrected chi connectivity index (χ4v) is 3.32. The molecule has 2 fully saturated rings. The zero-order valence-electron chi connectivity index (χ0n) is 14.1. The Hall–Kier alpha value is -1.43. The van der Waals surface area contributed by atoms with Crippen LogP contribution in [0.3, 0.4) is 0 Å². The van der Waals surface area contributed by atoms with E-state index in [4.69, 9.17) is 0 Å². The molecule has 2 aliphatic heterocycles. The van der Waals surface area contributed by atoms with Crippen molar-refractivity contribution in [3.05, 3.63) is 35.4 Å². The number of hydrogen-bond donors (Lipinski definition) is 2. The first-order chi connectivity index (χ1) is 11.2. The summed E-state index contributed by atoms with van der Waals surface area (Å²) >= 11 is 0. The van der Waals surface area contributed by atoms with E-state index in [1.165, 1.54) is 5.56 Å². The maximum absolute atomic E-state index is 12.4. The SMILES string of the molecule is CN1CCN(Cc2cccc(C(=O)N[C@H]3CCCNC3)c2)CC1. The normalized spacial score (nSPS) is 23.6. The number of amides is 1. The summed E-state index contributed by atoms with van der Waals surface area (Å²) in [4.78, 5) is 17.3. The molecule has 0 bridgehead atoms. The highest BCUT2D eigenvalue weighted by molar-refractivity contribution is 5.94. The van der Waals surface area contributed by atoms with Gasteiger partial charge in [0.05, 0.1) is 0 Å². The maximum atomic E-state index is 12.4. The molecule has 1 atom stereocenters. The lowest BCUT2D eigenvalue weighted by molar-refractivity contribution is 0.0930. The van der Waals surface area contributed by atoms with Crippen LogP contribution in [0.5, 0.6) is 0 Å². The summed E-state index contributed by atoms with van der Waals surface area (Å²) in [6, 6.07) is 8.34. The van der Waals surface area contributed by atoms with Crippen molar-refractivity contribution in [1.29, 1.82) is 0 Å². The lowest BCUT2D eigenvalue weighted by Gasteiger charge is -2.32. The third kappa shape index (κ3) is 4.77. The zero-order chi connectivity index (χ0) is 16.1. The van der Waals surface area contributed by atoms with Gasteiger partial charge < -0.3 is 15.5 Å². The molecule has 0 spiro atoms. The smallest absolute Gasteiger partial charge is 0.251 e. The van der Waals surface area contributed by atoms with Crippen molar-refractivity contribution in [1.82, 2.24) is 20.4 Å². The van der Waals surface area contributed by atoms with E-state index in [9.17, 15) is 4.79 Å². The second kappa shape index (κ2) is 7.90. The topological polar surface area (TPSA) is 47.6 Å². The summed E-state index contributed by atoms with van der Waals surface area (Å²) in [5.41, 5.74) is 2.01. The molecule has 0 radical (unpaired) electrons. The van der Waals surface area contributed by atoms with Crippen molar-refractivity contribution >= 4 is 5.91 Å². The van der Waals surface area contributed by atoms with E-state index in [2.05, 4.69) is 33.5 Å². The van der Waals surface area contributed by atoms with Crippen LogP contribution in [0.4, 0.5) is 0 Å². The minimum atomic E-state index is 0.0546. The van der Waals surface area contributed by atoms with E-state index in [0.29, 0.717) is 0 Å². The van der Waals surface area contributed by atoms with Gasteiger partial charge in [-0.05, 0) is 44.1 Å². The number of carbonyl (C=O) groups is 1. The van der Waals surface area contributed by atoms with Crippen LogP contribution in [0.25, 0.3) is 0 Å². The van der Waals surface area contributed by atoms with Gasteiger partial charge >= 0.3 is 0 Å². The second-order valence-electron chi connectivity index (χ2n) is 6.80. The molecular formula is C18H28N4O. The van der Waals surface area contributed by atoms with Gasteiger partial charge in [0.15, 0.2) is 0 Å². The van der Waals surface area contributed by atoms with Gasteiger partial charge in [0.25, 0.3) is 5.91 Å². The summed E-state index contributed by atoms with van der Waals surface area (Å²) in [5, 5.41) is 6.49. The summed E-state index contributed by atoms with van der Waals surface area (Å²) in [6.07, 6.45) is 2.20. The third-order valence-corrected chi connectivity index (χ3v) is 4.82. The van der Waals surface area contributed by atoms with Crippen LogP contribution in [-0.4, -0.2) is 68.1 Å². The zero-order valence-corrected chi connectivity index (χ0v) is 14.1. The number of benzene rings is 1. The number of piperazine rings is 1. The van der Waals surface area contributed by atoms with E-state index in [-0.39, 0.29) is 11.9 Å². The lowest BCUT2D eigenvalue weighted by Crippen LogP contribution is -2.45. The molecule has 1 aromatic carbocycles. The highest BCUT2D eigenvalue weighted by Gasteiger charge is 2.17.